The second kappa shape index (κ2) is 13.1. The number of nitrogens with zero attached hydrogens (tertiary/aromatic N) is 1. The van der Waals surface area contributed by atoms with E-state index in [1.165, 1.54) is 11.6 Å². The highest BCUT2D eigenvalue weighted by Gasteiger charge is 2.74. The van der Waals surface area contributed by atoms with Crippen molar-refractivity contribution >= 4 is 40.9 Å². The number of aliphatic hydroxyl groups is 2. The summed E-state index contributed by atoms with van der Waals surface area (Å²) in [5.74, 6) is -2.53. The third-order valence-corrected chi connectivity index (χ3v) is 13.8. The molecular formula is C36H52Cl2F3NO6S. The topological polar surface area (TPSA) is 88.5 Å². The zero-order chi connectivity index (χ0) is 36.1. The molecule has 2 N–H and O–H groups in total. The Hall–Kier alpha value is -0.530. The number of aliphatic hydroxyl groups excluding tert-OH is 1. The van der Waals surface area contributed by atoms with Crippen LogP contribution in [0.3, 0.4) is 0 Å². The van der Waals surface area contributed by atoms with Gasteiger partial charge in [0.25, 0.3) is 0 Å². The molecule has 0 aromatic heterocycles. The Balaban J connectivity index is 1.33. The number of thioether (sulfide) groups is 1. The Bertz CT molecular complexity index is 1370. The van der Waals surface area contributed by atoms with Crippen LogP contribution in [0.25, 0.3) is 0 Å². The molecule has 3 fully saturated rings. The van der Waals surface area contributed by atoms with Crippen molar-refractivity contribution in [3.63, 3.8) is 0 Å². The number of ether oxygens (including phenoxy) is 3. The zero-order valence-corrected chi connectivity index (χ0v) is 31.8. The summed E-state index contributed by atoms with van der Waals surface area (Å²) in [6.07, 6.45) is -1.56. The third-order valence-electron chi connectivity index (χ3n) is 11.2. The zero-order valence-electron chi connectivity index (χ0n) is 29.5. The van der Waals surface area contributed by atoms with Gasteiger partial charge in [-0.2, -0.15) is 13.2 Å². The molecule has 7 nitrogen and oxygen atoms in total. The predicted molar refractivity (Wildman–Crippen MR) is 184 cm³/mol. The highest BCUT2D eigenvalue weighted by molar-refractivity contribution is 8.02. The van der Waals surface area contributed by atoms with Crippen LogP contribution < -0.4 is 0 Å². The summed E-state index contributed by atoms with van der Waals surface area (Å²) in [4.78, 5) is 15.6. The average Bonchev–Trinajstić information content (AvgIpc) is 3.81. The first-order valence-corrected chi connectivity index (χ1v) is 19.4. The van der Waals surface area contributed by atoms with Gasteiger partial charge < -0.3 is 24.4 Å². The number of hydrogen-bond donors (Lipinski definition) is 2. The Morgan fingerprint density at radius 1 is 1.12 bits per heavy atom. The van der Waals surface area contributed by atoms with Crippen LogP contribution in [-0.2, 0) is 19.0 Å². The van der Waals surface area contributed by atoms with E-state index in [1.54, 1.807) is 6.92 Å². The number of rotatable bonds is 9. The van der Waals surface area contributed by atoms with Gasteiger partial charge in [-0.1, -0.05) is 28.8 Å². The molecular weight excluding hydrogens is 702 g/mol. The Labute approximate surface area is 302 Å². The Morgan fingerprint density at radius 2 is 1.82 bits per heavy atom. The minimum atomic E-state index is -4.75. The standard InChI is InChI=1S/C36H52Cl2F3NO6S/c1-8-46-30(43)29-34(45,17-35(49-29,36(39,40)41)19-12-20(37)14-21(38)13-19)24-11-18-9-10-25(28(18)23-15-22(23)24)42(31(44)48-33(5,6)7)26-16-27(26)47-32(2,3)4/h12,19,21-27,29,31,44-45H,8-11,13-17H2,1-7H3. The first kappa shape index (κ1) is 38.2. The smallest absolute Gasteiger partial charge is 0.403 e. The minimum Gasteiger partial charge on any atom is -0.465 e. The van der Waals surface area contributed by atoms with E-state index in [2.05, 4.69) is 4.90 Å². The van der Waals surface area contributed by atoms with E-state index in [-0.39, 0.29) is 60.1 Å². The normalized spacial score (nSPS) is 41.4. The van der Waals surface area contributed by atoms with Gasteiger partial charge in [-0.3, -0.25) is 4.79 Å². The molecule has 0 aromatic carbocycles. The molecule has 6 rings (SSSR count). The maximum atomic E-state index is 15.4. The van der Waals surface area contributed by atoms with Crippen LogP contribution in [0, 0.1) is 23.7 Å². The number of fused-ring (bicyclic) bond motifs is 2. The number of carbonyl (C=O) groups excluding carboxylic acids is 1. The summed E-state index contributed by atoms with van der Waals surface area (Å²) >= 11 is 13.2. The summed E-state index contributed by atoms with van der Waals surface area (Å²) in [6.45, 7) is 13.3. The van der Waals surface area contributed by atoms with Gasteiger partial charge in [0, 0.05) is 34.8 Å². The number of hydrogen-bond acceptors (Lipinski definition) is 8. The van der Waals surface area contributed by atoms with Crippen LogP contribution in [0.2, 0.25) is 0 Å². The summed E-state index contributed by atoms with van der Waals surface area (Å²) in [5.41, 5.74) is -0.573. The molecule has 0 amide bonds. The van der Waals surface area contributed by atoms with E-state index < -0.39 is 63.4 Å². The summed E-state index contributed by atoms with van der Waals surface area (Å²) in [6, 6.07) is -0.153. The average molecular weight is 755 g/mol. The van der Waals surface area contributed by atoms with Gasteiger partial charge in [0.2, 0.25) is 6.41 Å². The van der Waals surface area contributed by atoms with Crippen LogP contribution in [0.1, 0.15) is 99.8 Å². The monoisotopic (exact) mass is 753 g/mol. The maximum Gasteiger partial charge on any atom is 0.403 e. The molecule has 0 radical (unpaired) electrons. The molecule has 1 saturated heterocycles. The molecule has 12 atom stereocenters. The fourth-order valence-corrected chi connectivity index (χ4v) is 12.0. The van der Waals surface area contributed by atoms with Gasteiger partial charge in [-0.15, -0.1) is 23.4 Å². The summed E-state index contributed by atoms with van der Waals surface area (Å²) < 4.78 is 61.5. The van der Waals surface area contributed by atoms with E-state index >= 15 is 13.2 Å². The number of alkyl halides is 4. The van der Waals surface area contributed by atoms with Crippen LogP contribution in [-0.4, -0.2) is 90.6 Å². The molecule has 0 aromatic rings. The van der Waals surface area contributed by atoms with Crippen molar-refractivity contribution in [3.05, 3.63) is 22.3 Å². The predicted octanol–water partition coefficient (Wildman–Crippen LogP) is 7.69. The lowest BCUT2D eigenvalue weighted by molar-refractivity contribution is -0.251. The summed E-state index contributed by atoms with van der Waals surface area (Å²) in [5, 5.41) is 22.5. The Kier molecular flexibility index (Phi) is 10.2. The fourth-order valence-electron chi connectivity index (χ4n) is 9.36. The largest absolute Gasteiger partial charge is 0.465 e. The van der Waals surface area contributed by atoms with Gasteiger partial charge in [-0.25, -0.2) is 4.90 Å². The first-order valence-electron chi connectivity index (χ1n) is 17.8. The number of carbonyl (C=O) groups is 1. The SMILES string of the molecule is CCOC(=O)C1SC(C2C=C(Cl)CC(Cl)C2)(C(F)(F)F)CC1(O)C1CC2=C(C3CC31)C(N(C(O)OC(C)(C)C)C1CC1OC(C)(C)C)CC2. The van der Waals surface area contributed by atoms with E-state index in [0.717, 1.165) is 18.4 Å². The van der Waals surface area contributed by atoms with Crippen molar-refractivity contribution < 1.29 is 42.4 Å². The molecule has 6 aliphatic rings. The fraction of sp³-hybridized carbons (Fsp3) is 0.861. The van der Waals surface area contributed by atoms with Crippen LogP contribution >= 0.6 is 35.0 Å². The molecule has 0 spiro atoms. The van der Waals surface area contributed by atoms with E-state index in [4.69, 9.17) is 37.4 Å². The maximum absolute atomic E-state index is 15.4. The molecule has 1 heterocycles. The van der Waals surface area contributed by atoms with E-state index in [1.807, 2.05) is 41.5 Å². The van der Waals surface area contributed by atoms with Crippen LogP contribution in [0.5, 0.6) is 0 Å². The van der Waals surface area contributed by atoms with Gasteiger partial charge in [0.05, 0.1) is 29.5 Å². The second-order valence-electron chi connectivity index (χ2n) is 17.1. The van der Waals surface area contributed by atoms with Crippen molar-refractivity contribution in [2.24, 2.45) is 23.7 Å². The lowest BCUT2D eigenvalue weighted by Gasteiger charge is -2.43. The van der Waals surface area contributed by atoms with Crippen molar-refractivity contribution in [1.29, 1.82) is 0 Å². The van der Waals surface area contributed by atoms with Crippen molar-refractivity contribution in [2.45, 2.75) is 163 Å². The van der Waals surface area contributed by atoms with E-state index in [9.17, 15) is 15.0 Å². The van der Waals surface area contributed by atoms with Crippen molar-refractivity contribution in [3.8, 4) is 0 Å². The molecule has 278 valence electrons. The number of allylic oxidation sites excluding steroid dienone is 3. The highest BCUT2D eigenvalue weighted by atomic mass is 35.5. The Morgan fingerprint density at radius 3 is 2.41 bits per heavy atom. The second-order valence-corrected chi connectivity index (χ2v) is 19.6. The molecule has 13 heteroatoms. The van der Waals surface area contributed by atoms with Gasteiger partial charge in [0.1, 0.15) is 10.00 Å². The highest BCUT2D eigenvalue weighted by Crippen LogP contribution is 2.70. The van der Waals surface area contributed by atoms with E-state index in [0.29, 0.717) is 31.0 Å². The van der Waals surface area contributed by atoms with Crippen molar-refractivity contribution in [2.75, 3.05) is 6.61 Å². The van der Waals surface area contributed by atoms with Gasteiger partial charge in [-0.05, 0) is 111 Å². The molecule has 12 unspecified atom stereocenters. The number of esters is 1. The van der Waals surface area contributed by atoms with Crippen LogP contribution in [0.15, 0.2) is 22.3 Å². The molecule has 0 bridgehead atoms. The van der Waals surface area contributed by atoms with Crippen LogP contribution in [0.4, 0.5) is 13.2 Å². The number of halogens is 5. The van der Waals surface area contributed by atoms with Gasteiger partial charge >= 0.3 is 12.1 Å². The summed E-state index contributed by atoms with van der Waals surface area (Å²) in [7, 11) is 0. The van der Waals surface area contributed by atoms with Gasteiger partial charge in [0.15, 0.2) is 0 Å². The van der Waals surface area contributed by atoms with Crippen molar-refractivity contribution in [1.82, 2.24) is 4.90 Å². The third kappa shape index (κ3) is 7.36. The lowest BCUT2D eigenvalue weighted by Crippen LogP contribution is -2.53. The molecule has 2 saturated carbocycles. The first-order chi connectivity index (χ1) is 22.6. The quantitative estimate of drug-likeness (QED) is 0.107. The molecule has 49 heavy (non-hydrogen) atoms. The molecule has 5 aliphatic carbocycles. The minimum absolute atomic E-state index is 0.00646. The lowest BCUT2D eigenvalue weighted by atomic mass is 9.67. The molecule has 1 aliphatic heterocycles.